The van der Waals surface area contributed by atoms with E-state index >= 15 is 0 Å². The molecule has 0 spiro atoms. The highest BCUT2D eigenvalue weighted by molar-refractivity contribution is 5.45. The van der Waals surface area contributed by atoms with Crippen molar-refractivity contribution in [3.63, 3.8) is 0 Å². The van der Waals surface area contributed by atoms with E-state index in [-0.39, 0.29) is 0 Å². The molecule has 0 aliphatic heterocycles. The van der Waals surface area contributed by atoms with Crippen LogP contribution in [0.2, 0.25) is 0 Å². The number of hydrogen-bond donors (Lipinski definition) is 0. The molecule has 1 aliphatic carbocycles. The van der Waals surface area contributed by atoms with Crippen LogP contribution in [-0.4, -0.2) is 0 Å². The van der Waals surface area contributed by atoms with E-state index in [1.807, 2.05) is 31.2 Å². The molecular formula is C10H11F. The van der Waals surface area contributed by atoms with Crippen LogP contribution in [0, 0.1) is 0 Å². The highest BCUT2D eigenvalue weighted by Gasteiger charge is 2.01. The van der Waals surface area contributed by atoms with Gasteiger partial charge in [0.2, 0.25) is 0 Å². The summed E-state index contributed by atoms with van der Waals surface area (Å²) in [4.78, 5) is 0. The Balaban J connectivity index is 2.83. The van der Waals surface area contributed by atoms with Crippen molar-refractivity contribution < 1.29 is 4.39 Å². The highest BCUT2D eigenvalue weighted by Crippen LogP contribution is 2.20. The van der Waals surface area contributed by atoms with Gasteiger partial charge in [-0.05, 0) is 30.6 Å². The van der Waals surface area contributed by atoms with Crippen molar-refractivity contribution in [3.05, 3.63) is 47.9 Å². The highest BCUT2D eigenvalue weighted by atomic mass is 19.1. The minimum absolute atomic E-state index is 0.578. The van der Waals surface area contributed by atoms with Gasteiger partial charge in [0, 0.05) is 0 Å². The Hall–Kier alpha value is -1.11. The second kappa shape index (κ2) is 3.91. The van der Waals surface area contributed by atoms with Gasteiger partial charge in [0.15, 0.2) is 0 Å². The van der Waals surface area contributed by atoms with E-state index < -0.39 is 0 Å². The molecule has 0 fully saturated rings. The van der Waals surface area contributed by atoms with Crippen molar-refractivity contribution in [2.75, 3.05) is 0 Å². The fourth-order valence-corrected chi connectivity index (χ4v) is 1.13. The van der Waals surface area contributed by atoms with Crippen molar-refractivity contribution in [2.45, 2.75) is 13.3 Å². The lowest BCUT2D eigenvalue weighted by Gasteiger charge is -1.93. The monoisotopic (exact) mass is 150 g/mol. The molecule has 0 unspecified atom stereocenters. The van der Waals surface area contributed by atoms with Gasteiger partial charge < -0.3 is 0 Å². The molecule has 11 heavy (non-hydrogen) atoms. The summed E-state index contributed by atoms with van der Waals surface area (Å²) in [6.07, 6.45) is 10.9. The Morgan fingerprint density at radius 2 is 2.27 bits per heavy atom. The Morgan fingerprint density at radius 3 is 2.91 bits per heavy atom. The standard InChI is InChI=1S/C10H11F/c1-2-4-9-5-3-6-10(9)7-8-11/h2-4,6-8H,5H2,1H3/b4-2-,8-7+. The molecule has 1 heteroatoms. The van der Waals surface area contributed by atoms with Crippen LogP contribution in [0.3, 0.4) is 0 Å². The van der Waals surface area contributed by atoms with Crippen molar-refractivity contribution in [1.82, 2.24) is 0 Å². The fourth-order valence-electron chi connectivity index (χ4n) is 1.13. The Labute approximate surface area is 66.4 Å². The molecule has 0 nitrogen and oxygen atoms in total. The van der Waals surface area contributed by atoms with Gasteiger partial charge in [0.25, 0.3) is 0 Å². The fraction of sp³-hybridized carbons (Fsp3) is 0.200. The third-order valence-corrected chi connectivity index (χ3v) is 1.62. The lowest BCUT2D eigenvalue weighted by molar-refractivity contribution is 0.720. The minimum atomic E-state index is 0.578. The average molecular weight is 150 g/mol. The summed E-state index contributed by atoms with van der Waals surface area (Å²) in [6.45, 7) is 1.96. The van der Waals surface area contributed by atoms with E-state index in [0.717, 1.165) is 12.0 Å². The summed E-state index contributed by atoms with van der Waals surface area (Å²) in [5.41, 5.74) is 2.16. The number of allylic oxidation sites excluding steroid dienone is 7. The van der Waals surface area contributed by atoms with Gasteiger partial charge in [0.1, 0.15) is 0 Å². The summed E-state index contributed by atoms with van der Waals surface area (Å²) < 4.78 is 11.8. The lowest BCUT2D eigenvalue weighted by Crippen LogP contribution is -1.74. The Morgan fingerprint density at radius 1 is 1.45 bits per heavy atom. The van der Waals surface area contributed by atoms with Gasteiger partial charge in [-0.1, -0.05) is 24.3 Å². The van der Waals surface area contributed by atoms with Gasteiger partial charge in [-0.3, -0.25) is 0 Å². The zero-order valence-electron chi connectivity index (χ0n) is 6.55. The molecule has 58 valence electrons. The van der Waals surface area contributed by atoms with Crippen molar-refractivity contribution in [2.24, 2.45) is 0 Å². The summed E-state index contributed by atoms with van der Waals surface area (Å²) in [5.74, 6) is 0. The first-order valence-corrected chi connectivity index (χ1v) is 3.67. The van der Waals surface area contributed by atoms with E-state index in [2.05, 4.69) is 0 Å². The van der Waals surface area contributed by atoms with Gasteiger partial charge in [-0.15, -0.1) is 0 Å². The normalized spacial score (nSPS) is 18.0. The predicted molar refractivity (Wildman–Crippen MR) is 45.8 cm³/mol. The third kappa shape index (κ3) is 1.90. The van der Waals surface area contributed by atoms with Gasteiger partial charge >= 0.3 is 0 Å². The molecule has 0 N–H and O–H groups in total. The van der Waals surface area contributed by atoms with E-state index in [0.29, 0.717) is 6.33 Å². The average Bonchev–Trinajstić information content (AvgIpc) is 2.39. The number of hydrogen-bond acceptors (Lipinski definition) is 0. The molecule has 0 amide bonds. The van der Waals surface area contributed by atoms with Crippen LogP contribution >= 0.6 is 0 Å². The Kier molecular flexibility index (Phi) is 2.84. The second-order valence-corrected chi connectivity index (χ2v) is 2.38. The van der Waals surface area contributed by atoms with E-state index in [9.17, 15) is 4.39 Å². The molecule has 0 atom stereocenters. The molecule has 0 heterocycles. The van der Waals surface area contributed by atoms with Crippen LogP contribution in [0.25, 0.3) is 0 Å². The topological polar surface area (TPSA) is 0 Å². The van der Waals surface area contributed by atoms with Crippen LogP contribution < -0.4 is 0 Å². The molecular weight excluding hydrogens is 139 g/mol. The maximum absolute atomic E-state index is 11.8. The third-order valence-electron chi connectivity index (χ3n) is 1.62. The van der Waals surface area contributed by atoms with Crippen LogP contribution in [0.15, 0.2) is 47.9 Å². The first-order chi connectivity index (χ1) is 5.38. The molecule has 0 radical (unpaired) electrons. The summed E-state index contributed by atoms with van der Waals surface area (Å²) in [6, 6.07) is 0. The molecule has 0 aromatic rings. The molecule has 1 aliphatic rings. The molecule has 1 rings (SSSR count). The summed E-state index contributed by atoms with van der Waals surface area (Å²) in [7, 11) is 0. The number of rotatable bonds is 2. The van der Waals surface area contributed by atoms with Crippen molar-refractivity contribution >= 4 is 0 Å². The van der Waals surface area contributed by atoms with Crippen molar-refractivity contribution in [3.8, 4) is 0 Å². The number of halogens is 1. The lowest BCUT2D eigenvalue weighted by atomic mass is 10.1. The van der Waals surface area contributed by atoms with E-state index in [4.69, 9.17) is 0 Å². The van der Waals surface area contributed by atoms with Crippen LogP contribution in [0.5, 0.6) is 0 Å². The van der Waals surface area contributed by atoms with Crippen LogP contribution in [-0.2, 0) is 0 Å². The molecule has 0 aromatic heterocycles. The zero-order chi connectivity index (χ0) is 8.10. The SMILES string of the molecule is C/C=C\C1=C(/C=C/F)C=CC1. The van der Waals surface area contributed by atoms with Gasteiger partial charge in [-0.2, -0.15) is 0 Å². The largest absolute Gasteiger partial charge is 0.216 e. The van der Waals surface area contributed by atoms with E-state index in [1.54, 1.807) is 0 Å². The molecule has 0 bridgehead atoms. The predicted octanol–water partition coefficient (Wildman–Crippen LogP) is 3.30. The first kappa shape index (κ1) is 7.99. The molecule has 0 saturated heterocycles. The molecule has 0 saturated carbocycles. The minimum Gasteiger partial charge on any atom is -0.216 e. The van der Waals surface area contributed by atoms with Crippen molar-refractivity contribution in [1.29, 1.82) is 0 Å². The van der Waals surface area contributed by atoms with Gasteiger partial charge in [0.05, 0.1) is 6.33 Å². The smallest absolute Gasteiger partial charge is 0.0872 e. The summed E-state index contributed by atoms with van der Waals surface area (Å²) >= 11 is 0. The van der Waals surface area contributed by atoms with Gasteiger partial charge in [-0.25, -0.2) is 4.39 Å². The zero-order valence-corrected chi connectivity index (χ0v) is 6.55. The first-order valence-electron chi connectivity index (χ1n) is 3.67. The second-order valence-electron chi connectivity index (χ2n) is 2.38. The maximum Gasteiger partial charge on any atom is 0.0872 e. The summed E-state index contributed by atoms with van der Waals surface area (Å²) in [5, 5.41) is 0. The maximum atomic E-state index is 11.8. The van der Waals surface area contributed by atoms with E-state index in [1.165, 1.54) is 11.6 Å². The van der Waals surface area contributed by atoms with Crippen LogP contribution in [0.1, 0.15) is 13.3 Å². The van der Waals surface area contributed by atoms with Crippen LogP contribution in [0.4, 0.5) is 4.39 Å². The Bertz CT molecular complexity index is 242. The quantitative estimate of drug-likeness (QED) is 0.566. The molecule has 0 aromatic carbocycles.